The molecule has 118 valence electrons. The molecule has 0 fully saturated rings. The van der Waals surface area contributed by atoms with Gasteiger partial charge in [-0.1, -0.05) is 24.3 Å². The minimum Gasteiger partial charge on any atom is -0.338 e. The van der Waals surface area contributed by atoms with Gasteiger partial charge in [-0.15, -0.1) is 11.3 Å². The third-order valence-corrected chi connectivity index (χ3v) is 4.66. The van der Waals surface area contributed by atoms with Crippen LogP contribution in [0.1, 0.15) is 15.4 Å². The zero-order valence-corrected chi connectivity index (χ0v) is 13.7. The van der Waals surface area contributed by atoms with Gasteiger partial charge in [0, 0.05) is 11.3 Å². The van der Waals surface area contributed by atoms with Gasteiger partial charge in [0.1, 0.15) is 10.7 Å². The molecule has 0 spiro atoms. The average Bonchev–Trinajstić information content (AvgIpc) is 3.21. The number of H-pyrrole nitrogens is 1. The molecule has 2 heterocycles. The third kappa shape index (κ3) is 2.68. The second-order valence-electron chi connectivity index (χ2n) is 5.40. The van der Waals surface area contributed by atoms with E-state index in [0.29, 0.717) is 4.88 Å². The number of hydrogen-bond donors (Lipinski definition) is 2. The molecule has 0 aliphatic carbocycles. The Kier molecular flexibility index (Phi) is 3.59. The molecule has 0 saturated carbocycles. The number of benzene rings is 2. The van der Waals surface area contributed by atoms with E-state index < -0.39 is 0 Å². The number of carbonyl (C=O) groups excluding carboxylic acids is 1. The molecule has 0 atom stereocenters. The number of rotatable bonds is 3. The van der Waals surface area contributed by atoms with Crippen LogP contribution in [0, 0.1) is 6.92 Å². The predicted octanol–water partition coefficient (Wildman–Crippen LogP) is 4.25. The van der Waals surface area contributed by atoms with Crippen LogP contribution in [0.2, 0.25) is 0 Å². The van der Waals surface area contributed by atoms with Gasteiger partial charge in [-0.05, 0) is 31.2 Å². The van der Waals surface area contributed by atoms with Gasteiger partial charge in [0.15, 0.2) is 0 Å². The van der Waals surface area contributed by atoms with E-state index in [9.17, 15) is 4.79 Å². The van der Waals surface area contributed by atoms with Crippen molar-refractivity contribution in [1.29, 1.82) is 0 Å². The summed E-state index contributed by atoms with van der Waals surface area (Å²) in [7, 11) is 0. The van der Waals surface area contributed by atoms with Gasteiger partial charge < -0.3 is 10.3 Å². The Morgan fingerprint density at radius 2 is 2.04 bits per heavy atom. The first-order valence-electron chi connectivity index (χ1n) is 7.47. The lowest BCUT2D eigenvalue weighted by Crippen LogP contribution is -2.11. The number of carbonyl (C=O) groups is 1. The number of hydrogen-bond acceptors (Lipinski definition) is 4. The van der Waals surface area contributed by atoms with E-state index in [-0.39, 0.29) is 5.91 Å². The fourth-order valence-corrected chi connectivity index (χ4v) is 3.24. The van der Waals surface area contributed by atoms with E-state index in [0.717, 1.165) is 33.8 Å². The summed E-state index contributed by atoms with van der Waals surface area (Å²) in [6, 6.07) is 15.5. The zero-order chi connectivity index (χ0) is 16.5. The molecule has 0 saturated heterocycles. The summed E-state index contributed by atoms with van der Waals surface area (Å²) in [6.07, 6.45) is 0. The van der Waals surface area contributed by atoms with Crippen molar-refractivity contribution in [3.05, 3.63) is 64.6 Å². The molecule has 6 heteroatoms. The number of imidazole rings is 1. The lowest BCUT2D eigenvalue weighted by atomic mass is 10.2. The van der Waals surface area contributed by atoms with Gasteiger partial charge in [0.2, 0.25) is 0 Å². The Bertz CT molecular complexity index is 1000. The van der Waals surface area contributed by atoms with E-state index in [1.807, 2.05) is 55.5 Å². The number of para-hydroxylation sites is 2. The van der Waals surface area contributed by atoms with E-state index >= 15 is 0 Å². The normalized spacial score (nSPS) is 10.9. The predicted molar refractivity (Wildman–Crippen MR) is 96.3 cm³/mol. The van der Waals surface area contributed by atoms with E-state index in [4.69, 9.17) is 0 Å². The molecule has 2 aromatic heterocycles. The van der Waals surface area contributed by atoms with Crippen LogP contribution in [0.5, 0.6) is 0 Å². The topological polar surface area (TPSA) is 70.7 Å². The van der Waals surface area contributed by atoms with Crippen molar-refractivity contribution in [1.82, 2.24) is 15.0 Å². The second-order valence-corrected chi connectivity index (χ2v) is 6.26. The van der Waals surface area contributed by atoms with Crippen molar-refractivity contribution in [3.8, 4) is 11.4 Å². The van der Waals surface area contributed by atoms with Gasteiger partial charge in [0.05, 0.1) is 22.2 Å². The number of aromatic nitrogens is 3. The highest BCUT2D eigenvalue weighted by Gasteiger charge is 2.12. The Labute approximate surface area is 142 Å². The first-order chi connectivity index (χ1) is 11.7. The van der Waals surface area contributed by atoms with Crippen molar-refractivity contribution in [2.75, 3.05) is 5.32 Å². The molecule has 0 aliphatic heterocycles. The Hall–Kier alpha value is -2.99. The molecule has 0 aliphatic rings. The highest BCUT2D eigenvalue weighted by molar-refractivity contribution is 7.12. The van der Waals surface area contributed by atoms with Crippen molar-refractivity contribution >= 4 is 34.0 Å². The van der Waals surface area contributed by atoms with Crippen molar-refractivity contribution < 1.29 is 4.79 Å². The molecular weight excluding hydrogens is 320 g/mol. The molecule has 4 rings (SSSR count). The number of fused-ring (bicyclic) bond motifs is 1. The second kappa shape index (κ2) is 5.90. The van der Waals surface area contributed by atoms with Crippen molar-refractivity contribution in [3.63, 3.8) is 0 Å². The lowest BCUT2D eigenvalue weighted by molar-refractivity contribution is 0.103. The standard InChI is InChI=1S/C18H14N4OS/c1-11-16(24-10-19-11)18(23)20-13-6-4-5-12(9-13)17-21-14-7-2-3-8-15(14)22-17/h2-10H,1H3,(H,20,23)(H,21,22). The maximum Gasteiger partial charge on any atom is 0.267 e. The van der Waals surface area contributed by atoms with Crippen LogP contribution in [0.15, 0.2) is 54.0 Å². The van der Waals surface area contributed by atoms with Crippen LogP contribution < -0.4 is 5.32 Å². The fraction of sp³-hybridized carbons (Fsp3) is 0.0556. The number of anilines is 1. The molecule has 5 nitrogen and oxygen atoms in total. The van der Waals surface area contributed by atoms with Gasteiger partial charge in [-0.25, -0.2) is 9.97 Å². The molecule has 0 bridgehead atoms. The highest BCUT2D eigenvalue weighted by Crippen LogP contribution is 2.24. The number of aromatic amines is 1. The molecule has 2 N–H and O–H groups in total. The zero-order valence-electron chi connectivity index (χ0n) is 12.9. The average molecular weight is 334 g/mol. The van der Waals surface area contributed by atoms with Crippen LogP contribution in [-0.4, -0.2) is 20.9 Å². The minimum atomic E-state index is -0.142. The summed E-state index contributed by atoms with van der Waals surface area (Å²) < 4.78 is 0. The van der Waals surface area contributed by atoms with Crippen molar-refractivity contribution in [2.24, 2.45) is 0 Å². The SMILES string of the molecule is Cc1ncsc1C(=O)Nc1cccc(-c2nc3ccccc3[nH]2)c1. The molecule has 0 unspecified atom stereocenters. The number of amides is 1. The van der Waals surface area contributed by atoms with E-state index in [1.54, 1.807) is 5.51 Å². The molecule has 24 heavy (non-hydrogen) atoms. The summed E-state index contributed by atoms with van der Waals surface area (Å²) in [5.74, 6) is 0.637. The minimum absolute atomic E-state index is 0.142. The van der Waals surface area contributed by atoms with Gasteiger partial charge in [-0.2, -0.15) is 0 Å². The van der Waals surface area contributed by atoms with Crippen LogP contribution in [0.4, 0.5) is 5.69 Å². The number of thiazole rings is 1. The molecule has 1 amide bonds. The van der Waals surface area contributed by atoms with Crippen molar-refractivity contribution in [2.45, 2.75) is 6.92 Å². The monoisotopic (exact) mass is 334 g/mol. The van der Waals surface area contributed by atoms with Gasteiger partial charge in [0.25, 0.3) is 5.91 Å². The molecule has 0 radical (unpaired) electrons. The summed E-state index contributed by atoms with van der Waals surface area (Å²) in [4.78, 5) is 24.9. The summed E-state index contributed by atoms with van der Waals surface area (Å²) in [5, 5.41) is 2.92. The first-order valence-corrected chi connectivity index (χ1v) is 8.35. The summed E-state index contributed by atoms with van der Waals surface area (Å²) in [6.45, 7) is 1.83. The maximum absolute atomic E-state index is 12.3. The number of aryl methyl sites for hydroxylation is 1. The van der Waals surface area contributed by atoms with Gasteiger partial charge in [-0.3, -0.25) is 4.79 Å². The smallest absolute Gasteiger partial charge is 0.267 e. The van der Waals surface area contributed by atoms with Crippen LogP contribution in [0.3, 0.4) is 0 Å². The Balaban J connectivity index is 1.64. The summed E-state index contributed by atoms with van der Waals surface area (Å²) >= 11 is 1.34. The van der Waals surface area contributed by atoms with E-state index in [2.05, 4.69) is 20.3 Å². The third-order valence-electron chi connectivity index (χ3n) is 3.73. The number of nitrogens with one attached hydrogen (secondary N) is 2. The Morgan fingerprint density at radius 1 is 1.17 bits per heavy atom. The van der Waals surface area contributed by atoms with Gasteiger partial charge >= 0.3 is 0 Å². The number of nitrogens with zero attached hydrogens (tertiary/aromatic N) is 2. The highest BCUT2D eigenvalue weighted by atomic mass is 32.1. The van der Waals surface area contributed by atoms with Crippen LogP contribution >= 0.6 is 11.3 Å². The first kappa shape index (κ1) is 14.6. The Morgan fingerprint density at radius 3 is 2.83 bits per heavy atom. The molecule has 2 aromatic carbocycles. The van der Waals surface area contributed by atoms with Crippen LogP contribution in [-0.2, 0) is 0 Å². The van der Waals surface area contributed by atoms with E-state index in [1.165, 1.54) is 11.3 Å². The quantitative estimate of drug-likeness (QED) is 0.588. The maximum atomic E-state index is 12.3. The summed E-state index contributed by atoms with van der Waals surface area (Å²) in [5.41, 5.74) is 5.97. The lowest BCUT2D eigenvalue weighted by Gasteiger charge is -2.05. The fourth-order valence-electron chi connectivity index (χ4n) is 2.54. The van der Waals surface area contributed by atoms with Crippen LogP contribution in [0.25, 0.3) is 22.4 Å². The largest absolute Gasteiger partial charge is 0.338 e. The molecular formula is C18H14N4OS. The molecule has 4 aromatic rings.